The Hall–Kier alpha value is -2.17. The average molecular weight is 253 g/mol. The number of halogens is 3. The summed E-state index contributed by atoms with van der Waals surface area (Å²) in [5.74, 6) is -2.16. The number of phenolic OH excluding ortho intramolecular Hbond substituents is 1. The van der Waals surface area contributed by atoms with Gasteiger partial charge in [-0.15, -0.1) is 0 Å². The van der Waals surface area contributed by atoms with Crippen LogP contribution >= 0.6 is 0 Å². The second kappa shape index (κ2) is 5.00. The van der Waals surface area contributed by atoms with E-state index in [2.05, 4.69) is 5.32 Å². The molecule has 0 unspecified atom stereocenters. The fourth-order valence-electron chi connectivity index (χ4n) is 1.60. The van der Waals surface area contributed by atoms with Crippen molar-refractivity contribution in [1.82, 2.24) is 0 Å². The van der Waals surface area contributed by atoms with Crippen LogP contribution in [0, 0.1) is 17.5 Å². The van der Waals surface area contributed by atoms with Crippen molar-refractivity contribution in [3.63, 3.8) is 0 Å². The first kappa shape index (κ1) is 12.3. The molecule has 0 atom stereocenters. The van der Waals surface area contributed by atoms with E-state index in [9.17, 15) is 18.3 Å². The lowest BCUT2D eigenvalue weighted by Gasteiger charge is -2.07. The van der Waals surface area contributed by atoms with E-state index in [1.807, 2.05) is 0 Å². The van der Waals surface area contributed by atoms with Crippen molar-refractivity contribution >= 4 is 5.69 Å². The van der Waals surface area contributed by atoms with Crippen LogP contribution in [0.2, 0.25) is 0 Å². The highest BCUT2D eigenvalue weighted by atomic mass is 19.1. The van der Waals surface area contributed by atoms with Crippen LogP contribution in [-0.2, 0) is 6.54 Å². The second-order valence-electron chi connectivity index (χ2n) is 3.83. The van der Waals surface area contributed by atoms with Crippen molar-refractivity contribution in [2.45, 2.75) is 6.54 Å². The summed E-state index contributed by atoms with van der Waals surface area (Å²) in [7, 11) is 0. The van der Waals surface area contributed by atoms with Crippen molar-refractivity contribution in [3.05, 3.63) is 59.4 Å². The van der Waals surface area contributed by atoms with E-state index in [0.717, 1.165) is 24.3 Å². The number of nitrogens with one attached hydrogen (secondary N) is 1. The summed E-state index contributed by atoms with van der Waals surface area (Å²) in [5, 5.41) is 11.9. The molecule has 0 radical (unpaired) electrons. The van der Waals surface area contributed by atoms with Gasteiger partial charge in [0.25, 0.3) is 0 Å². The Morgan fingerprint density at radius 2 is 1.44 bits per heavy atom. The first-order chi connectivity index (χ1) is 8.52. The highest BCUT2D eigenvalue weighted by molar-refractivity contribution is 5.44. The van der Waals surface area contributed by atoms with Crippen LogP contribution in [-0.4, -0.2) is 5.11 Å². The van der Waals surface area contributed by atoms with Gasteiger partial charge >= 0.3 is 0 Å². The van der Waals surface area contributed by atoms with Crippen LogP contribution in [0.5, 0.6) is 5.75 Å². The molecule has 0 saturated heterocycles. The van der Waals surface area contributed by atoms with Gasteiger partial charge in [0.15, 0.2) is 0 Å². The van der Waals surface area contributed by atoms with Crippen LogP contribution in [0.25, 0.3) is 0 Å². The van der Waals surface area contributed by atoms with Crippen LogP contribution in [0.3, 0.4) is 0 Å². The van der Waals surface area contributed by atoms with Crippen molar-refractivity contribution in [2.75, 3.05) is 5.32 Å². The minimum absolute atomic E-state index is 0.147. The molecule has 0 bridgehead atoms. The zero-order chi connectivity index (χ0) is 13.1. The van der Waals surface area contributed by atoms with E-state index in [0.29, 0.717) is 5.56 Å². The first-order valence-corrected chi connectivity index (χ1v) is 5.21. The minimum Gasteiger partial charge on any atom is -0.508 e. The predicted octanol–water partition coefficient (Wildman–Crippen LogP) is 3.42. The van der Waals surface area contributed by atoms with Gasteiger partial charge in [0.2, 0.25) is 0 Å². The topological polar surface area (TPSA) is 32.3 Å². The summed E-state index contributed by atoms with van der Waals surface area (Å²) in [6, 6.07) is 6.59. The lowest BCUT2D eigenvalue weighted by atomic mass is 10.2. The van der Waals surface area contributed by atoms with Crippen LogP contribution in [0.15, 0.2) is 36.4 Å². The number of rotatable bonds is 3. The number of hydrogen-bond donors (Lipinski definition) is 2. The van der Waals surface area contributed by atoms with Gasteiger partial charge < -0.3 is 10.4 Å². The molecule has 0 aliphatic heterocycles. The lowest BCUT2D eigenvalue weighted by Crippen LogP contribution is -2.00. The van der Waals surface area contributed by atoms with Gasteiger partial charge in [-0.2, -0.15) is 0 Å². The molecule has 5 heteroatoms. The van der Waals surface area contributed by atoms with Gasteiger partial charge in [-0.3, -0.25) is 0 Å². The standard InChI is InChI=1S/C13H10F3NO/c14-9-1-8(2-13(18)6-9)7-17-12-4-10(15)3-11(16)5-12/h1-6,17-18H,7H2. The molecule has 0 aromatic heterocycles. The SMILES string of the molecule is Oc1cc(F)cc(CNc2cc(F)cc(F)c2)c1. The summed E-state index contributed by atoms with van der Waals surface area (Å²) in [4.78, 5) is 0. The molecule has 94 valence electrons. The van der Waals surface area contributed by atoms with Gasteiger partial charge in [0.1, 0.15) is 23.2 Å². The third kappa shape index (κ3) is 3.16. The van der Waals surface area contributed by atoms with Gasteiger partial charge in [-0.25, -0.2) is 13.2 Å². The van der Waals surface area contributed by atoms with Gasteiger partial charge in [0.05, 0.1) is 0 Å². The first-order valence-electron chi connectivity index (χ1n) is 5.21. The maximum absolute atomic E-state index is 13.0. The molecule has 18 heavy (non-hydrogen) atoms. The molecule has 0 spiro atoms. The normalized spacial score (nSPS) is 10.4. The van der Waals surface area contributed by atoms with Gasteiger partial charge in [0, 0.05) is 24.4 Å². The summed E-state index contributed by atoms with van der Waals surface area (Å²) >= 11 is 0. The Morgan fingerprint density at radius 3 is 2.06 bits per heavy atom. The molecule has 0 aliphatic rings. The predicted molar refractivity (Wildman–Crippen MR) is 61.7 cm³/mol. The fourth-order valence-corrected chi connectivity index (χ4v) is 1.60. The van der Waals surface area contributed by atoms with E-state index in [1.165, 1.54) is 12.1 Å². The third-order valence-corrected chi connectivity index (χ3v) is 2.30. The monoisotopic (exact) mass is 253 g/mol. The van der Waals surface area contributed by atoms with E-state index in [1.54, 1.807) is 0 Å². The molecule has 2 aromatic rings. The molecule has 2 nitrogen and oxygen atoms in total. The van der Waals surface area contributed by atoms with Crippen LogP contribution in [0.1, 0.15) is 5.56 Å². The quantitative estimate of drug-likeness (QED) is 0.878. The van der Waals surface area contributed by atoms with Crippen molar-refractivity contribution in [2.24, 2.45) is 0 Å². The van der Waals surface area contributed by atoms with Crippen LogP contribution in [0.4, 0.5) is 18.9 Å². The summed E-state index contributed by atoms with van der Waals surface area (Å²) in [6.45, 7) is 0.147. The van der Waals surface area contributed by atoms with E-state index in [4.69, 9.17) is 0 Å². The fraction of sp³-hybridized carbons (Fsp3) is 0.0769. The Balaban J connectivity index is 2.11. The Morgan fingerprint density at radius 1 is 0.833 bits per heavy atom. The molecule has 0 amide bonds. The Labute approximate surface area is 102 Å². The van der Waals surface area contributed by atoms with Crippen molar-refractivity contribution in [1.29, 1.82) is 0 Å². The second-order valence-corrected chi connectivity index (χ2v) is 3.83. The summed E-state index contributed by atoms with van der Waals surface area (Å²) in [5.41, 5.74) is 0.716. The zero-order valence-corrected chi connectivity index (χ0v) is 9.25. The third-order valence-electron chi connectivity index (χ3n) is 2.30. The molecular formula is C13H10F3NO. The summed E-state index contributed by atoms with van der Waals surface area (Å²) < 4.78 is 38.8. The van der Waals surface area contributed by atoms with Crippen LogP contribution < -0.4 is 5.32 Å². The molecule has 0 heterocycles. The molecule has 2 rings (SSSR count). The highest BCUT2D eigenvalue weighted by Crippen LogP contribution is 2.17. The molecule has 2 aromatic carbocycles. The highest BCUT2D eigenvalue weighted by Gasteiger charge is 2.02. The van der Waals surface area contributed by atoms with Crippen molar-refractivity contribution in [3.8, 4) is 5.75 Å². The number of phenols is 1. The Bertz CT molecular complexity index is 480. The molecular weight excluding hydrogens is 243 g/mol. The molecule has 2 N–H and O–H groups in total. The molecule has 0 aliphatic carbocycles. The summed E-state index contributed by atoms with van der Waals surface area (Å²) in [6.07, 6.45) is 0. The maximum atomic E-state index is 13.0. The zero-order valence-electron chi connectivity index (χ0n) is 9.25. The Kier molecular flexibility index (Phi) is 3.41. The minimum atomic E-state index is -0.695. The van der Waals surface area contributed by atoms with Gasteiger partial charge in [-0.05, 0) is 29.8 Å². The number of hydrogen-bond acceptors (Lipinski definition) is 2. The van der Waals surface area contributed by atoms with E-state index in [-0.39, 0.29) is 18.0 Å². The molecule has 0 fully saturated rings. The smallest absolute Gasteiger partial charge is 0.128 e. The molecule has 0 saturated carbocycles. The number of aromatic hydroxyl groups is 1. The largest absolute Gasteiger partial charge is 0.508 e. The average Bonchev–Trinajstić information content (AvgIpc) is 2.23. The van der Waals surface area contributed by atoms with E-state index >= 15 is 0 Å². The number of anilines is 1. The maximum Gasteiger partial charge on any atom is 0.128 e. The van der Waals surface area contributed by atoms with Gasteiger partial charge in [-0.1, -0.05) is 0 Å². The van der Waals surface area contributed by atoms with E-state index < -0.39 is 17.5 Å². The van der Waals surface area contributed by atoms with Crippen molar-refractivity contribution < 1.29 is 18.3 Å². The lowest BCUT2D eigenvalue weighted by molar-refractivity contribution is 0.468. The number of benzene rings is 2.